The zero-order chi connectivity index (χ0) is 28.6. The summed E-state index contributed by atoms with van der Waals surface area (Å²) in [6, 6.07) is -0.322. The Hall–Kier alpha value is -2.50. The Balaban J connectivity index is 2.19. The molecule has 0 saturated carbocycles. The molecule has 1 aromatic heterocycles. The highest BCUT2D eigenvalue weighted by molar-refractivity contribution is 5.76. The quantitative estimate of drug-likeness (QED) is 0.191. The summed E-state index contributed by atoms with van der Waals surface area (Å²) in [5.74, 6) is 0.565. The predicted molar refractivity (Wildman–Crippen MR) is 155 cm³/mol. The summed E-state index contributed by atoms with van der Waals surface area (Å²) in [5.41, 5.74) is 11.9. The molecule has 1 fully saturated rings. The largest absolute Gasteiger partial charge is 0.356 e. The van der Waals surface area contributed by atoms with Crippen molar-refractivity contribution in [2.75, 3.05) is 37.6 Å². The molecule has 11 heteroatoms. The number of carbonyl (C=O) groups is 2. The van der Waals surface area contributed by atoms with Gasteiger partial charge >= 0.3 is 5.69 Å². The van der Waals surface area contributed by atoms with Crippen LogP contribution in [-0.4, -0.2) is 66.2 Å². The van der Waals surface area contributed by atoms with Crippen LogP contribution in [0.5, 0.6) is 0 Å². The minimum Gasteiger partial charge on any atom is -0.356 e. The average Bonchev–Trinajstić information content (AvgIpc) is 3.31. The fourth-order valence-corrected chi connectivity index (χ4v) is 4.87. The van der Waals surface area contributed by atoms with Crippen LogP contribution in [0.1, 0.15) is 96.3 Å². The Bertz CT molecular complexity index is 931. The molecule has 39 heavy (non-hydrogen) atoms. The molecule has 0 bridgehead atoms. The molecule has 0 radical (unpaired) electrons. The molecule has 1 aliphatic rings. The average molecular weight is 550 g/mol. The topological polar surface area (TPSA) is 158 Å². The predicted octanol–water partition coefficient (Wildman–Crippen LogP) is 2.10. The molecule has 0 spiro atoms. The Morgan fingerprint density at radius 3 is 2.23 bits per heavy atom. The second-order valence-electron chi connectivity index (χ2n) is 10.5. The van der Waals surface area contributed by atoms with Gasteiger partial charge in [-0.3, -0.25) is 14.2 Å². The number of amides is 2. The maximum absolute atomic E-state index is 13.2. The molecule has 3 atom stereocenters. The van der Waals surface area contributed by atoms with Crippen molar-refractivity contribution in [2.45, 2.75) is 110 Å². The van der Waals surface area contributed by atoms with Crippen molar-refractivity contribution in [3.63, 3.8) is 0 Å². The number of nitrogens with zero attached hydrogens (tertiary/aromatic N) is 3. The number of unbranched alkanes of at least 4 members (excludes halogenated alkanes) is 4. The smallest absolute Gasteiger partial charge is 0.351 e. The first-order valence-corrected chi connectivity index (χ1v) is 14.8. The molecule has 2 heterocycles. The summed E-state index contributed by atoms with van der Waals surface area (Å²) in [6.45, 7) is 8.88. The summed E-state index contributed by atoms with van der Waals surface area (Å²) in [6.07, 6.45) is 9.39. The Kier molecular flexibility index (Phi) is 15.1. The van der Waals surface area contributed by atoms with Gasteiger partial charge in [-0.05, 0) is 45.7 Å². The van der Waals surface area contributed by atoms with Gasteiger partial charge in [0.2, 0.25) is 11.8 Å². The van der Waals surface area contributed by atoms with E-state index in [0.717, 1.165) is 56.9 Å². The summed E-state index contributed by atoms with van der Waals surface area (Å²) < 4.78 is 7.78. The van der Waals surface area contributed by atoms with Gasteiger partial charge in [0.1, 0.15) is 12.0 Å². The number of aromatic nitrogens is 2. The van der Waals surface area contributed by atoms with E-state index in [1.807, 2.05) is 6.92 Å². The monoisotopic (exact) mass is 549 g/mol. The Morgan fingerprint density at radius 1 is 1.03 bits per heavy atom. The van der Waals surface area contributed by atoms with Gasteiger partial charge in [0.05, 0.1) is 12.1 Å². The lowest BCUT2D eigenvalue weighted by molar-refractivity contribution is -0.122. The van der Waals surface area contributed by atoms with Crippen molar-refractivity contribution in [3.8, 4) is 0 Å². The van der Waals surface area contributed by atoms with Gasteiger partial charge < -0.3 is 31.7 Å². The highest BCUT2D eigenvalue weighted by Gasteiger charge is 2.38. The van der Waals surface area contributed by atoms with Crippen LogP contribution in [0.15, 0.2) is 11.0 Å². The van der Waals surface area contributed by atoms with Crippen molar-refractivity contribution in [3.05, 3.63) is 22.2 Å². The van der Waals surface area contributed by atoms with E-state index in [0.29, 0.717) is 51.3 Å². The van der Waals surface area contributed by atoms with E-state index in [2.05, 4.69) is 34.4 Å². The van der Waals surface area contributed by atoms with Crippen LogP contribution in [0.25, 0.3) is 0 Å². The molecule has 1 aliphatic heterocycles. The molecule has 1 aromatic rings. The number of nitrogens with two attached hydrogens (primary N) is 2. The van der Waals surface area contributed by atoms with Crippen LogP contribution in [-0.2, 0) is 14.3 Å². The van der Waals surface area contributed by atoms with Crippen molar-refractivity contribution >= 4 is 17.6 Å². The summed E-state index contributed by atoms with van der Waals surface area (Å²) >= 11 is 0. The molecule has 11 nitrogen and oxygen atoms in total. The van der Waals surface area contributed by atoms with E-state index in [1.54, 1.807) is 6.20 Å². The number of carbonyl (C=O) groups excluding carboxylic acids is 2. The molecule has 1 saturated heterocycles. The van der Waals surface area contributed by atoms with Crippen molar-refractivity contribution in [2.24, 2.45) is 11.5 Å². The molecule has 2 amide bonds. The molecule has 0 unspecified atom stereocenters. The lowest BCUT2D eigenvalue weighted by atomic mass is 10.1. The molecular formula is C28H51N7O4. The van der Waals surface area contributed by atoms with Crippen LogP contribution >= 0.6 is 0 Å². The van der Waals surface area contributed by atoms with Gasteiger partial charge in [-0.25, -0.2) is 4.79 Å². The van der Waals surface area contributed by atoms with E-state index in [-0.39, 0.29) is 24.4 Å². The van der Waals surface area contributed by atoms with E-state index in [4.69, 9.17) is 16.2 Å². The Labute approximate surface area is 233 Å². The number of hydrogen-bond donors (Lipinski definition) is 4. The lowest BCUT2D eigenvalue weighted by Gasteiger charge is -2.26. The van der Waals surface area contributed by atoms with Gasteiger partial charge in [0.15, 0.2) is 0 Å². The zero-order valence-corrected chi connectivity index (χ0v) is 24.3. The van der Waals surface area contributed by atoms with Gasteiger partial charge in [-0.1, -0.05) is 39.5 Å². The highest BCUT2D eigenvalue weighted by atomic mass is 16.5. The van der Waals surface area contributed by atoms with Crippen molar-refractivity contribution < 1.29 is 14.3 Å². The summed E-state index contributed by atoms with van der Waals surface area (Å²) in [5, 5.41) is 6.05. The van der Waals surface area contributed by atoms with Crippen LogP contribution in [0.3, 0.4) is 0 Å². The van der Waals surface area contributed by atoms with Crippen LogP contribution in [0, 0.1) is 6.92 Å². The highest BCUT2D eigenvalue weighted by Crippen LogP contribution is 2.29. The maximum Gasteiger partial charge on any atom is 0.351 e. The van der Waals surface area contributed by atoms with Crippen LogP contribution in [0.2, 0.25) is 0 Å². The molecular weight excluding hydrogens is 498 g/mol. The van der Waals surface area contributed by atoms with Gasteiger partial charge in [0.25, 0.3) is 0 Å². The molecule has 0 aliphatic carbocycles. The second kappa shape index (κ2) is 18.0. The minimum absolute atomic E-state index is 0.0300. The standard InChI is InChI=1S/C28H51N7O4/c1-4-6-8-12-24(36)31-19-23-22(32-25(37)13-9-7-5-2)18-26(39-23)35-20-21(3)27(33-28(35)38)34(16-10-14-29)17-11-15-30/h20,22-23,26H,4-19,29-30H2,1-3H3,(H,31,36)(H,32,37)/t22-,23+,26+/m0/s1. The van der Waals surface area contributed by atoms with E-state index in [9.17, 15) is 14.4 Å². The van der Waals surface area contributed by atoms with Crippen LogP contribution in [0.4, 0.5) is 5.82 Å². The van der Waals surface area contributed by atoms with E-state index >= 15 is 0 Å². The van der Waals surface area contributed by atoms with Crippen molar-refractivity contribution in [1.29, 1.82) is 0 Å². The number of aryl methyl sites for hydroxylation is 1. The van der Waals surface area contributed by atoms with Crippen molar-refractivity contribution in [1.82, 2.24) is 20.2 Å². The first-order chi connectivity index (χ1) is 18.8. The summed E-state index contributed by atoms with van der Waals surface area (Å²) in [7, 11) is 0. The number of nitrogens with one attached hydrogen (secondary N) is 2. The third-order valence-corrected chi connectivity index (χ3v) is 7.08. The second-order valence-corrected chi connectivity index (χ2v) is 10.5. The fraction of sp³-hybridized carbons (Fsp3) is 0.786. The fourth-order valence-electron chi connectivity index (χ4n) is 4.87. The van der Waals surface area contributed by atoms with Gasteiger partial charge in [-0.2, -0.15) is 4.98 Å². The molecule has 222 valence electrons. The summed E-state index contributed by atoms with van der Waals surface area (Å²) in [4.78, 5) is 44.6. The number of rotatable bonds is 19. The third-order valence-electron chi connectivity index (χ3n) is 7.08. The van der Waals surface area contributed by atoms with Crippen LogP contribution < -0.4 is 32.7 Å². The lowest BCUT2D eigenvalue weighted by Crippen LogP contribution is -2.45. The Morgan fingerprint density at radius 2 is 1.64 bits per heavy atom. The minimum atomic E-state index is -0.595. The first kappa shape index (κ1) is 32.7. The first-order valence-electron chi connectivity index (χ1n) is 14.8. The molecule has 2 rings (SSSR count). The van der Waals surface area contributed by atoms with E-state index in [1.165, 1.54) is 4.57 Å². The van der Waals surface area contributed by atoms with Gasteiger partial charge in [0, 0.05) is 50.7 Å². The van der Waals surface area contributed by atoms with E-state index < -0.39 is 18.0 Å². The number of hydrogen-bond acceptors (Lipinski definition) is 8. The SMILES string of the molecule is CCCCCC(=O)NC[C@H]1O[C@@H](n2cc(C)c(N(CCCN)CCCN)nc2=O)C[C@@H]1NC(=O)CCCCC. The van der Waals surface area contributed by atoms with Gasteiger partial charge in [-0.15, -0.1) is 0 Å². The molecule has 0 aromatic carbocycles. The molecule has 6 N–H and O–H groups in total. The zero-order valence-electron chi connectivity index (χ0n) is 24.3. The maximum atomic E-state index is 13.2. The third kappa shape index (κ3) is 10.9. The number of anilines is 1. The normalized spacial score (nSPS) is 18.7. The number of ether oxygens (including phenoxy) is 1.